The van der Waals surface area contributed by atoms with Crippen LogP contribution in [-0.2, 0) is 35.9 Å². The molecule has 0 saturated heterocycles. The minimum atomic E-state index is -5.19. The number of aliphatic hydroxyl groups is 1. The van der Waals surface area contributed by atoms with Crippen molar-refractivity contribution < 1.29 is 51.6 Å². The minimum absolute atomic E-state index is 0.0786. The van der Waals surface area contributed by atoms with Crippen molar-refractivity contribution >= 4 is 17.9 Å². The van der Waals surface area contributed by atoms with E-state index >= 15 is 0 Å². The lowest BCUT2D eigenvalue weighted by Crippen LogP contribution is -2.65. The third kappa shape index (κ3) is 6.40. The summed E-state index contributed by atoms with van der Waals surface area (Å²) in [6.45, 7) is 10.2. The number of hydrogen-bond acceptors (Lipinski definition) is 8. The molecule has 4 rings (SSSR count). The van der Waals surface area contributed by atoms with Gasteiger partial charge in [0, 0.05) is 32.4 Å². The third-order valence-corrected chi connectivity index (χ3v) is 10.3. The highest BCUT2D eigenvalue weighted by atomic mass is 19.4. The summed E-state index contributed by atoms with van der Waals surface area (Å²) in [5.74, 6) is -3.31. The van der Waals surface area contributed by atoms with Crippen molar-refractivity contribution in [1.82, 2.24) is 0 Å². The number of rotatable bonds is 8. The molecule has 0 aliphatic heterocycles. The van der Waals surface area contributed by atoms with Gasteiger partial charge in [0.25, 0.3) is 5.60 Å². The smallest absolute Gasteiger partial charge is 0.432 e. The lowest BCUT2D eigenvalue weighted by atomic mass is 9.44. The lowest BCUT2D eigenvalue weighted by Gasteiger charge is -2.63. The average Bonchev–Trinajstić information content (AvgIpc) is 2.93. The zero-order valence-corrected chi connectivity index (χ0v) is 27.3. The standard InChI is InChI=1S/C35H43F3O8/c1-21(39)44-25-14-15-26(45-22(2)40)23(18-25)19-28-32(5)17-11-16-31(3,4)27(32)20-29(33(28,6)42)46-30(41)34(43-7,35(36,37)38)24-12-9-8-10-13-24/h8-10,12-15,18,27-29,42H,11,16-17,19-20H2,1-7H3/t27-,28+,29+,32-,33-,34+/m0/s1. The second kappa shape index (κ2) is 12.6. The van der Waals surface area contributed by atoms with E-state index < -0.39 is 58.3 Å². The Morgan fingerprint density at radius 3 is 2.13 bits per heavy atom. The van der Waals surface area contributed by atoms with Gasteiger partial charge in [-0.15, -0.1) is 0 Å². The van der Waals surface area contributed by atoms with E-state index in [0.29, 0.717) is 12.0 Å². The Kier molecular flexibility index (Phi) is 9.73. The average molecular weight is 649 g/mol. The fourth-order valence-corrected chi connectivity index (χ4v) is 8.14. The van der Waals surface area contributed by atoms with Crippen molar-refractivity contribution in [2.45, 2.75) is 97.1 Å². The highest BCUT2D eigenvalue weighted by Crippen LogP contribution is 2.63. The summed E-state index contributed by atoms with van der Waals surface area (Å²) in [7, 11) is 0.803. The molecule has 0 bridgehead atoms. The van der Waals surface area contributed by atoms with Crippen molar-refractivity contribution in [2.75, 3.05) is 7.11 Å². The maximum absolute atomic E-state index is 14.8. The molecular weight excluding hydrogens is 605 g/mol. The molecule has 2 fully saturated rings. The minimum Gasteiger partial charge on any atom is -0.457 e. The van der Waals surface area contributed by atoms with E-state index in [1.807, 2.05) is 0 Å². The van der Waals surface area contributed by atoms with E-state index in [2.05, 4.69) is 20.8 Å². The molecule has 2 saturated carbocycles. The molecule has 1 N–H and O–H groups in total. The molecule has 0 spiro atoms. The second-order valence-electron chi connectivity index (χ2n) is 13.7. The number of fused-ring (bicyclic) bond motifs is 1. The molecule has 0 amide bonds. The van der Waals surface area contributed by atoms with Crippen molar-refractivity contribution in [2.24, 2.45) is 22.7 Å². The molecule has 6 atom stereocenters. The van der Waals surface area contributed by atoms with Crippen LogP contribution >= 0.6 is 0 Å². The van der Waals surface area contributed by atoms with Gasteiger partial charge in [0.15, 0.2) is 0 Å². The number of hydrogen-bond donors (Lipinski definition) is 1. The zero-order valence-electron chi connectivity index (χ0n) is 27.3. The van der Waals surface area contributed by atoms with Crippen molar-refractivity contribution in [1.29, 1.82) is 0 Å². The fourth-order valence-electron chi connectivity index (χ4n) is 8.14. The Labute approximate surface area is 267 Å². The number of methoxy groups -OCH3 is 1. The van der Waals surface area contributed by atoms with E-state index in [-0.39, 0.29) is 35.7 Å². The summed E-state index contributed by atoms with van der Waals surface area (Å²) in [6, 6.07) is 11.1. The zero-order chi connectivity index (χ0) is 34.3. The highest BCUT2D eigenvalue weighted by molar-refractivity contribution is 5.83. The Bertz CT molecular complexity index is 1450. The summed E-state index contributed by atoms with van der Waals surface area (Å²) in [6.07, 6.45) is -3.97. The number of esters is 3. The molecule has 252 valence electrons. The first kappa shape index (κ1) is 35.4. The summed E-state index contributed by atoms with van der Waals surface area (Å²) < 4.78 is 65.9. The predicted octanol–water partition coefficient (Wildman–Crippen LogP) is 6.70. The van der Waals surface area contributed by atoms with Gasteiger partial charge in [-0.1, -0.05) is 57.5 Å². The molecule has 2 aliphatic carbocycles. The molecule has 8 nitrogen and oxygen atoms in total. The first-order valence-corrected chi connectivity index (χ1v) is 15.4. The molecule has 11 heteroatoms. The topological polar surface area (TPSA) is 108 Å². The highest BCUT2D eigenvalue weighted by Gasteiger charge is 2.67. The van der Waals surface area contributed by atoms with Crippen molar-refractivity contribution in [3.8, 4) is 11.5 Å². The van der Waals surface area contributed by atoms with Gasteiger partial charge in [-0.2, -0.15) is 13.2 Å². The second-order valence-corrected chi connectivity index (χ2v) is 13.7. The van der Waals surface area contributed by atoms with Crippen LogP contribution < -0.4 is 9.47 Å². The Morgan fingerprint density at radius 1 is 0.935 bits per heavy atom. The Hall–Kier alpha value is -3.44. The molecule has 0 aromatic heterocycles. The number of ether oxygens (including phenoxy) is 4. The van der Waals surface area contributed by atoms with E-state index in [1.165, 1.54) is 51.1 Å². The van der Waals surface area contributed by atoms with Crippen LogP contribution in [0.4, 0.5) is 13.2 Å². The summed E-state index contributed by atoms with van der Waals surface area (Å²) >= 11 is 0. The predicted molar refractivity (Wildman–Crippen MR) is 162 cm³/mol. The van der Waals surface area contributed by atoms with Gasteiger partial charge >= 0.3 is 24.1 Å². The van der Waals surface area contributed by atoms with Gasteiger partial charge in [0.05, 0.1) is 0 Å². The molecule has 0 unspecified atom stereocenters. The van der Waals surface area contributed by atoms with Crippen LogP contribution in [0.2, 0.25) is 0 Å². The molecule has 0 radical (unpaired) electrons. The molecule has 2 aliphatic rings. The molecular formula is C35H43F3O8. The van der Waals surface area contributed by atoms with E-state index in [9.17, 15) is 32.7 Å². The van der Waals surface area contributed by atoms with Crippen LogP contribution in [0.15, 0.2) is 48.5 Å². The molecule has 2 aromatic rings. The maximum Gasteiger partial charge on any atom is 0.432 e. The van der Waals surface area contributed by atoms with Gasteiger partial charge in [0.1, 0.15) is 23.2 Å². The lowest BCUT2D eigenvalue weighted by molar-refractivity contribution is -0.288. The SMILES string of the molecule is CO[C@@](C(=O)O[C@@H]1C[C@H]2C(C)(C)CCC[C@]2(C)[C@@H](Cc2cc(OC(C)=O)ccc2OC(C)=O)[C@]1(C)O)(c1ccccc1)C(F)(F)F. The number of carbonyl (C=O) groups excluding carboxylic acids is 3. The van der Waals surface area contributed by atoms with Crippen molar-refractivity contribution in [3.05, 3.63) is 59.7 Å². The Morgan fingerprint density at radius 2 is 1.57 bits per heavy atom. The van der Waals surface area contributed by atoms with Gasteiger partial charge in [0.2, 0.25) is 0 Å². The van der Waals surface area contributed by atoms with Gasteiger partial charge in [-0.05, 0) is 73.1 Å². The summed E-state index contributed by atoms with van der Waals surface area (Å²) in [5, 5.41) is 12.4. The Balaban J connectivity index is 1.83. The monoisotopic (exact) mass is 648 g/mol. The summed E-state index contributed by atoms with van der Waals surface area (Å²) in [5.41, 5.74) is -6.16. The van der Waals surface area contributed by atoms with Crippen LogP contribution in [0.1, 0.15) is 78.4 Å². The number of halogens is 3. The summed E-state index contributed by atoms with van der Waals surface area (Å²) in [4.78, 5) is 37.5. The van der Waals surface area contributed by atoms with Gasteiger partial charge in [-0.25, -0.2) is 4.79 Å². The molecule has 0 heterocycles. The van der Waals surface area contributed by atoms with Gasteiger partial charge < -0.3 is 24.1 Å². The number of benzene rings is 2. The molecule has 2 aromatic carbocycles. The van der Waals surface area contributed by atoms with Crippen LogP contribution in [0.25, 0.3) is 0 Å². The normalized spacial score (nSPS) is 28.7. The van der Waals surface area contributed by atoms with Gasteiger partial charge in [-0.3, -0.25) is 9.59 Å². The fraction of sp³-hybridized carbons (Fsp3) is 0.571. The van der Waals surface area contributed by atoms with Crippen molar-refractivity contribution in [3.63, 3.8) is 0 Å². The molecule has 46 heavy (non-hydrogen) atoms. The largest absolute Gasteiger partial charge is 0.457 e. The van der Waals surface area contributed by atoms with Crippen LogP contribution in [0, 0.1) is 22.7 Å². The quantitative estimate of drug-likeness (QED) is 0.249. The van der Waals surface area contributed by atoms with Crippen LogP contribution in [0.3, 0.4) is 0 Å². The van der Waals surface area contributed by atoms with E-state index in [1.54, 1.807) is 6.07 Å². The van der Waals surface area contributed by atoms with Crippen LogP contribution in [-0.4, -0.2) is 48.0 Å². The first-order chi connectivity index (χ1) is 21.3. The van der Waals surface area contributed by atoms with E-state index in [4.69, 9.17) is 18.9 Å². The maximum atomic E-state index is 14.8. The van der Waals surface area contributed by atoms with Crippen LogP contribution in [0.5, 0.6) is 11.5 Å². The van der Waals surface area contributed by atoms with E-state index in [0.717, 1.165) is 32.1 Å². The first-order valence-electron chi connectivity index (χ1n) is 15.4. The number of carbonyl (C=O) groups is 3. The third-order valence-electron chi connectivity index (χ3n) is 10.3. The number of alkyl halides is 3.